The first-order valence-electron chi connectivity index (χ1n) is 18.6. The normalized spacial score (nSPS) is 11.2. The Labute approximate surface area is 325 Å². The van der Waals surface area contributed by atoms with Gasteiger partial charge in [0, 0.05) is 33.5 Å². The van der Waals surface area contributed by atoms with Gasteiger partial charge in [0.25, 0.3) is 0 Å². The van der Waals surface area contributed by atoms with Crippen molar-refractivity contribution in [2.45, 2.75) is 0 Å². The summed E-state index contributed by atoms with van der Waals surface area (Å²) in [6, 6.07) is 67.5. The summed E-state index contributed by atoms with van der Waals surface area (Å²) in [4.78, 5) is 9.88. The first kappa shape index (κ1) is 32.7. The number of nitrogens with zero attached hydrogens (tertiary/aromatic N) is 4. The summed E-state index contributed by atoms with van der Waals surface area (Å²) in [6.45, 7) is 15.6. The Kier molecular flexibility index (Phi) is 7.88. The molecule has 56 heavy (non-hydrogen) atoms. The van der Waals surface area contributed by atoms with Crippen molar-refractivity contribution >= 4 is 71.8 Å². The molecule has 0 N–H and O–H groups in total. The highest BCUT2D eigenvalue weighted by Crippen LogP contribution is 2.47. The summed E-state index contributed by atoms with van der Waals surface area (Å²) in [6.07, 6.45) is 0. The predicted molar refractivity (Wildman–Crippen MR) is 234 cm³/mol. The Bertz CT molecular complexity index is 3160. The summed E-state index contributed by atoms with van der Waals surface area (Å²) < 4.78 is 2.34. The summed E-state index contributed by atoms with van der Waals surface area (Å²) in [5.74, 6) is 0. The van der Waals surface area contributed by atoms with Crippen LogP contribution in [-0.2, 0) is 0 Å². The zero-order valence-corrected chi connectivity index (χ0v) is 30.3. The molecule has 0 radical (unpaired) electrons. The molecular weight excluding hydrogens is 681 g/mol. The zero-order valence-electron chi connectivity index (χ0n) is 30.3. The van der Waals surface area contributed by atoms with E-state index in [4.69, 9.17) is 13.1 Å². The average Bonchev–Trinajstić information content (AvgIpc) is 3.60. The van der Waals surface area contributed by atoms with E-state index in [0.29, 0.717) is 11.4 Å². The Morgan fingerprint density at radius 3 is 1.39 bits per heavy atom. The lowest BCUT2D eigenvalue weighted by atomic mass is 9.85. The lowest BCUT2D eigenvalue weighted by Crippen LogP contribution is -2.10. The van der Waals surface area contributed by atoms with Gasteiger partial charge in [-0.15, -0.1) is 0 Å². The van der Waals surface area contributed by atoms with Crippen LogP contribution in [0.15, 0.2) is 194 Å². The quantitative estimate of drug-likeness (QED) is 0.124. The monoisotopic (exact) mass is 712 g/mol. The van der Waals surface area contributed by atoms with Crippen molar-refractivity contribution in [3.8, 4) is 27.9 Å². The molecule has 10 aromatic rings. The number of benzene rings is 9. The topological polar surface area (TPSA) is 16.9 Å². The number of fused-ring (bicyclic) bond motifs is 5. The van der Waals surface area contributed by atoms with Crippen LogP contribution in [0.4, 0.5) is 28.4 Å². The number of anilines is 3. The van der Waals surface area contributed by atoms with Crippen LogP contribution in [0.2, 0.25) is 0 Å². The van der Waals surface area contributed by atoms with Gasteiger partial charge in [0.1, 0.15) is 0 Å². The van der Waals surface area contributed by atoms with Crippen molar-refractivity contribution in [2.24, 2.45) is 0 Å². The van der Waals surface area contributed by atoms with Gasteiger partial charge in [-0.2, -0.15) is 0 Å². The van der Waals surface area contributed by atoms with Crippen LogP contribution in [0.1, 0.15) is 0 Å². The van der Waals surface area contributed by atoms with E-state index in [0.717, 1.165) is 66.5 Å². The van der Waals surface area contributed by atoms with Crippen molar-refractivity contribution < 1.29 is 0 Å². The third-order valence-corrected chi connectivity index (χ3v) is 10.8. The van der Waals surface area contributed by atoms with Crippen molar-refractivity contribution in [1.29, 1.82) is 0 Å². The number of rotatable bonds is 6. The Balaban J connectivity index is 1.22. The van der Waals surface area contributed by atoms with Gasteiger partial charge >= 0.3 is 0 Å². The minimum Gasteiger partial charge on any atom is -0.310 e. The van der Waals surface area contributed by atoms with E-state index in [9.17, 15) is 0 Å². The van der Waals surface area contributed by atoms with Crippen molar-refractivity contribution in [3.05, 3.63) is 217 Å². The van der Waals surface area contributed by atoms with E-state index in [1.165, 1.54) is 21.8 Å². The number of aromatic nitrogens is 1. The highest BCUT2D eigenvalue weighted by Gasteiger charge is 2.21. The lowest BCUT2D eigenvalue weighted by molar-refractivity contribution is 1.17. The maximum Gasteiger partial charge on any atom is 0.187 e. The molecule has 4 heteroatoms. The molecule has 9 aromatic carbocycles. The maximum absolute atomic E-state index is 7.83. The summed E-state index contributed by atoms with van der Waals surface area (Å²) >= 11 is 0. The summed E-state index contributed by atoms with van der Waals surface area (Å²) in [5.41, 5.74) is 11.9. The molecule has 0 spiro atoms. The van der Waals surface area contributed by atoms with E-state index < -0.39 is 0 Å². The number of hydrogen-bond acceptors (Lipinski definition) is 1. The number of hydrogen-bond donors (Lipinski definition) is 0. The van der Waals surface area contributed by atoms with Crippen molar-refractivity contribution in [3.63, 3.8) is 0 Å². The number of para-hydroxylation sites is 3. The lowest BCUT2D eigenvalue weighted by Gasteiger charge is -2.27. The van der Waals surface area contributed by atoms with Gasteiger partial charge in [-0.25, -0.2) is 9.69 Å². The highest BCUT2D eigenvalue weighted by atomic mass is 15.1. The van der Waals surface area contributed by atoms with Crippen LogP contribution in [0.5, 0.6) is 0 Å². The molecule has 0 aliphatic heterocycles. The fourth-order valence-electron chi connectivity index (χ4n) is 8.37. The van der Waals surface area contributed by atoms with Gasteiger partial charge in [0.05, 0.1) is 24.2 Å². The average molecular weight is 713 g/mol. The van der Waals surface area contributed by atoms with Crippen LogP contribution in [-0.4, -0.2) is 4.57 Å². The molecule has 0 aliphatic rings. The first-order chi connectivity index (χ1) is 27.7. The van der Waals surface area contributed by atoms with Crippen LogP contribution < -0.4 is 4.90 Å². The second kappa shape index (κ2) is 13.5. The van der Waals surface area contributed by atoms with Gasteiger partial charge in [0.2, 0.25) is 0 Å². The van der Waals surface area contributed by atoms with E-state index in [2.05, 4.69) is 171 Å². The van der Waals surface area contributed by atoms with E-state index in [-0.39, 0.29) is 0 Å². The fraction of sp³-hybridized carbons (Fsp3) is 0. The Morgan fingerprint density at radius 1 is 0.357 bits per heavy atom. The molecule has 0 unspecified atom stereocenters. The molecule has 10 rings (SSSR count). The second-order valence-corrected chi connectivity index (χ2v) is 13.9. The van der Waals surface area contributed by atoms with Gasteiger partial charge < -0.3 is 9.47 Å². The van der Waals surface area contributed by atoms with Gasteiger partial charge in [-0.1, -0.05) is 121 Å². The van der Waals surface area contributed by atoms with Crippen molar-refractivity contribution in [1.82, 2.24) is 4.57 Å². The van der Waals surface area contributed by atoms with E-state index in [1.54, 1.807) is 0 Å². The Morgan fingerprint density at radius 2 is 0.821 bits per heavy atom. The van der Waals surface area contributed by atoms with Crippen LogP contribution >= 0.6 is 0 Å². The van der Waals surface area contributed by atoms with Gasteiger partial charge in [-0.3, -0.25) is 0 Å². The molecule has 0 aliphatic carbocycles. The second-order valence-electron chi connectivity index (χ2n) is 13.9. The minimum absolute atomic E-state index is 0.596. The van der Waals surface area contributed by atoms with Crippen LogP contribution in [0, 0.1) is 13.1 Å². The van der Waals surface area contributed by atoms with Crippen LogP contribution in [0.3, 0.4) is 0 Å². The molecule has 0 fully saturated rings. The summed E-state index contributed by atoms with van der Waals surface area (Å²) in [7, 11) is 0. The summed E-state index contributed by atoms with van der Waals surface area (Å²) in [5, 5.41) is 6.80. The molecule has 260 valence electrons. The molecule has 4 nitrogen and oxygen atoms in total. The Hall–Kier alpha value is -7.92. The molecule has 0 atom stereocenters. The predicted octanol–water partition coefficient (Wildman–Crippen LogP) is 15.0. The molecule has 0 bridgehead atoms. The molecule has 1 heterocycles. The first-order valence-corrected chi connectivity index (χ1v) is 18.6. The zero-order chi connectivity index (χ0) is 37.6. The van der Waals surface area contributed by atoms with Gasteiger partial charge in [-0.05, 0) is 117 Å². The van der Waals surface area contributed by atoms with Crippen LogP contribution in [0.25, 0.3) is 81.0 Å². The molecule has 0 saturated heterocycles. The standard InChI is InChI=1S/C52H32N4/c1-53-37-16-12-14-35(32-37)51-45-22-6-7-23-46(45)52(36-15-13-17-38(33-36)54-2)48-34-42(30-31-47(48)51)55(39-18-4-3-5-19-39)40-26-28-41(29-27-40)56-49-24-10-8-20-43(49)44-21-9-11-25-50(44)56/h3-34H. The van der Waals surface area contributed by atoms with E-state index in [1.807, 2.05) is 42.5 Å². The molecule has 1 aromatic heterocycles. The van der Waals surface area contributed by atoms with E-state index >= 15 is 0 Å². The largest absolute Gasteiger partial charge is 0.310 e. The molecule has 0 amide bonds. The third-order valence-electron chi connectivity index (χ3n) is 10.8. The van der Waals surface area contributed by atoms with Gasteiger partial charge in [0.15, 0.2) is 11.4 Å². The molecular formula is C52H32N4. The smallest absolute Gasteiger partial charge is 0.187 e. The fourth-order valence-corrected chi connectivity index (χ4v) is 8.37. The third kappa shape index (κ3) is 5.37. The minimum atomic E-state index is 0.596. The molecule has 0 saturated carbocycles. The SMILES string of the molecule is [C-]#[N+]c1cccc(-c2c3ccccc3c(-c3cccc([N+]#[C-])c3)c3cc(N(c4ccccc4)c4ccc(-n5c6ccccc6c6ccccc65)cc4)ccc23)c1. The maximum atomic E-state index is 7.83. The highest BCUT2D eigenvalue weighted by molar-refractivity contribution is 6.22. The van der Waals surface area contributed by atoms with Crippen molar-refractivity contribution in [2.75, 3.05) is 4.90 Å².